The maximum Gasteiger partial charge on any atom is 0.363 e. The summed E-state index contributed by atoms with van der Waals surface area (Å²) in [5.74, 6) is 0.202. The molecular formula is C19H16N2O5. The van der Waals surface area contributed by atoms with Gasteiger partial charge < -0.3 is 9.47 Å². The highest BCUT2D eigenvalue weighted by Gasteiger charge is 2.27. The number of rotatable bonds is 5. The summed E-state index contributed by atoms with van der Waals surface area (Å²) in [5, 5.41) is 11.1. The Balaban J connectivity index is 1.92. The number of nitrogens with zero attached hydrogens (tertiary/aromatic N) is 2. The van der Waals surface area contributed by atoms with E-state index in [1.165, 1.54) is 12.1 Å². The van der Waals surface area contributed by atoms with Gasteiger partial charge in [-0.3, -0.25) is 10.1 Å². The standard InChI is InChI=1S/C19H16N2O5/c1-3-25-14-9-7-13(8-10-14)11-16-19(22)26-18(20-16)15-5-4-6-17(12(15)2)21(23)24/h4-11H,3H2,1-2H3/b16-11+. The molecule has 132 valence electrons. The molecule has 2 aromatic rings. The molecule has 0 N–H and O–H groups in total. The van der Waals surface area contributed by atoms with Crippen molar-refractivity contribution in [1.29, 1.82) is 0 Å². The number of hydrogen-bond acceptors (Lipinski definition) is 6. The normalized spacial score (nSPS) is 14.9. The van der Waals surface area contributed by atoms with Gasteiger partial charge in [-0.15, -0.1) is 0 Å². The van der Waals surface area contributed by atoms with Gasteiger partial charge in [0, 0.05) is 17.2 Å². The van der Waals surface area contributed by atoms with Crippen molar-refractivity contribution in [2.45, 2.75) is 13.8 Å². The lowest BCUT2D eigenvalue weighted by molar-refractivity contribution is -0.385. The van der Waals surface area contributed by atoms with E-state index in [2.05, 4.69) is 4.99 Å². The molecule has 1 aliphatic rings. The third-order valence-electron chi connectivity index (χ3n) is 3.85. The van der Waals surface area contributed by atoms with Crippen LogP contribution in [-0.4, -0.2) is 23.4 Å². The molecule has 1 aliphatic heterocycles. The predicted octanol–water partition coefficient (Wildman–Crippen LogP) is 3.65. The van der Waals surface area contributed by atoms with E-state index in [-0.39, 0.29) is 17.3 Å². The average molecular weight is 352 g/mol. The number of ether oxygens (including phenoxy) is 2. The molecule has 0 aliphatic carbocycles. The van der Waals surface area contributed by atoms with E-state index in [0.717, 1.165) is 11.3 Å². The highest BCUT2D eigenvalue weighted by molar-refractivity contribution is 6.13. The number of carbonyl (C=O) groups excluding carboxylic acids is 1. The van der Waals surface area contributed by atoms with E-state index in [1.807, 2.05) is 6.92 Å². The maximum absolute atomic E-state index is 12.1. The number of nitro benzene ring substituents is 1. The molecule has 2 aromatic carbocycles. The molecule has 0 saturated heterocycles. The third kappa shape index (κ3) is 3.46. The molecule has 0 radical (unpaired) electrons. The van der Waals surface area contributed by atoms with Crippen LogP contribution in [0.4, 0.5) is 5.69 Å². The van der Waals surface area contributed by atoms with E-state index in [9.17, 15) is 14.9 Å². The molecule has 0 saturated carbocycles. The fraction of sp³-hybridized carbons (Fsp3) is 0.158. The number of benzene rings is 2. The number of esters is 1. The molecule has 0 fully saturated rings. The van der Waals surface area contributed by atoms with Crippen molar-refractivity contribution >= 4 is 23.6 Å². The molecule has 0 aromatic heterocycles. The van der Waals surface area contributed by atoms with Gasteiger partial charge in [0.25, 0.3) is 5.69 Å². The number of hydrogen-bond donors (Lipinski definition) is 0. The van der Waals surface area contributed by atoms with Crippen molar-refractivity contribution in [2.75, 3.05) is 6.61 Å². The lowest BCUT2D eigenvalue weighted by atomic mass is 10.1. The number of aliphatic imine (C=N–C) groups is 1. The Morgan fingerprint density at radius 1 is 1.23 bits per heavy atom. The highest BCUT2D eigenvalue weighted by Crippen LogP contribution is 2.26. The van der Waals surface area contributed by atoms with Gasteiger partial charge in [0.15, 0.2) is 5.70 Å². The maximum atomic E-state index is 12.1. The average Bonchev–Trinajstić information content (AvgIpc) is 2.97. The summed E-state index contributed by atoms with van der Waals surface area (Å²) in [6.07, 6.45) is 1.59. The van der Waals surface area contributed by atoms with Crippen molar-refractivity contribution in [2.24, 2.45) is 4.99 Å². The quantitative estimate of drug-likeness (QED) is 0.354. The van der Waals surface area contributed by atoms with Crippen LogP contribution >= 0.6 is 0 Å². The highest BCUT2D eigenvalue weighted by atomic mass is 16.6. The van der Waals surface area contributed by atoms with Gasteiger partial charge in [-0.1, -0.05) is 18.2 Å². The minimum Gasteiger partial charge on any atom is -0.494 e. The largest absolute Gasteiger partial charge is 0.494 e. The first-order chi connectivity index (χ1) is 12.5. The summed E-state index contributed by atoms with van der Waals surface area (Å²) < 4.78 is 10.6. The van der Waals surface area contributed by atoms with Crippen LogP contribution in [0.2, 0.25) is 0 Å². The summed E-state index contributed by atoms with van der Waals surface area (Å²) in [6, 6.07) is 11.8. The first-order valence-corrected chi connectivity index (χ1v) is 7.99. The third-order valence-corrected chi connectivity index (χ3v) is 3.85. The van der Waals surface area contributed by atoms with Crippen LogP contribution < -0.4 is 4.74 Å². The summed E-state index contributed by atoms with van der Waals surface area (Å²) in [4.78, 5) is 26.9. The molecule has 0 amide bonds. The summed E-state index contributed by atoms with van der Waals surface area (Å²) in [5.41, 5.74) is 1.66. The zero-order valence-electron chi connectivity index (χ0n) is 14.3. The molecule has 26 heavy (non-hydrogen) atoms. The summed E-state index contributed by atoms with van der Waals surface area (Å²) in [6.45, 7) is 4.07. The Labute approximate surface area is 149 Å². The van der Waals surface area contributed by atoms with Crippen molar-refractivity contribution < 1.29 is 19.2 Å². The topological polar surface area (TPSA) is 91.0 Å². The molecule has 0 unspecified atom stereocenters. The minimum atomic E-state index is -0.597. The molecule has 0 bridgehead atoms. The first-order valence-electron chi connectivity index (χ1n) is 7.99. The Kier molecular flexibility index (Phi) is 4.79. The second-order valence-corrected chi connectivity index (χ2v) is 5.54. The lowest BCUT2D eigenvalue weighted by Crippen LogP contribution is -2.08. The molecule has 0 atom stereocenters. The van der Waals surface area contributed by atoms with Crippen molar-refractivity contribution in [3.8, 4) is 5.75 Å². The SMILES string of the molecule is CCOc1ccc(/C=C2/N=C(c3cccc([N+](=O)[O-])c3C)OC2=O)cc1. The van der Waals surface area contributed by atoms with E-state index in [0.29, 0.717) is 17.7 Å². The predicted molar refractivity (Wildman–Crippen MR) is 96.1 cm³/mol. The molecule has 1 heterocycles. The fourth-order valence-corrected chi connectivity index (χ4v) is 2.56. The Morgan fingerprint density at radius 2 is 1.96 bits per heavy atom. The van der Waals surface area contributed by atoms with Crippen LogP contribution in [0.25, 0.3) is 6.08 Å². The Hall–Kier alpha value is -3.48. The van der Waals surface area contributed by atoms with Gasteiger partial charge in [-0.2, -0.15) is 0 Å². The number of carbonyl (C=O) groups is 1. The van der Waals surface area contributed by atoms with Crippen LogP contribution in [-0.2, 0) is 9.53 Å². The van der Waals surface area contributed by atoms with Crippen molar-refractivity contribution in [3.63, 3.8) is 0 Å². The molecule has 3 rings (SSSR count). The van der Waals surface area contributed by atoms with Crippen LogP contribution in [0.3, 0.4) is 0 Å². The van der Waals surface area contributed by atoms with Crippen molar-refractivity contribution in [3.05, 3.63) is 75.0 Å². The summed E-state index contributed by atoms with van der Waals surface area (Å²) >= 11 is 0. The van der Waals surface area contributed by atoms with Gasteiger partial charge in [-0.25, -0.2) is 9.79 Å². The first kappa shape index (κ1) is 17.3. The molecule has 0 spiro atoms. The minimum absolute atomic E-state index is 0.0507. The zero-order valence-corrected chi connectivity index (χ0v) is 14.3. The Bertz CT molecular complexity index is 929. The van der Waals surface area contributed by atoms with Crippen molar-refractivity contribution in [1.82, 2.24) is 0 Å². The van der Waals surface area contributed by atoms with Gasteiger partial charge >= 0.3 is 5.97 Å². The Morgan fingerprint density at radius 3 is 2.62 bits per heavy atom. The summed E-state index contributed by atoms with van der Waals surface area (Å²) in [7, 11) is 0. The van der Waals surface area contributed by atoms with Crippen LogP contribution in [0.15, 0.2) is 53.2 Å². The molecule has 7 heteroatoms. The monoisotopic (exact) mass is 352 g/mol. The molecular weight excluding hydrogens is 336 g/mol. The molecule has 7 nitrogen and oxygen atoms in total. The number of nitro groups is 1. The van der Waals surface area contributed by atoms with Gasteiger partial charge in [-0.05, 0) is 43.7 Å². The lowest BCUT2D eigenvalue weighted by Gasteiger charge is -2.04. The van der Waals surface area contributed by atoms with Crippen LogP contribution in [0.1, 0.15) is 23.6 Å². The van der Waals surface area contributed by atoms with E-state index in [4.69, 9.17) is 9.47 Å². The fourth-order valence-electron chi connectivity index (χ4n) is 2.56. The van der Waals surface area contributed by atoms with Crippen LogP contribution in [0, 0.1) is 17.0 Å². The van der Waals surface area contributed by atoms with Gasteiger partial charge in [0.2, 0.25) is 5.90 Å². The van der Waals surface area contributed by atoms with E-state index in [1.54, 1.807) is 43.3 Å². The number of cyclic esters (lactones) is 1. The van der Waals surface area contributed by atoms with E-state index < -0.39 is 10.9 Å². The van der Waals surface area contributed by atoms with Crippen LogP contribution in [0.5, 0.6) is 5.75 Å². The second kappa shape index (κ2) is 7.18. The van der Waals surface area contributed by atoms with Gasteiger partial charge in [0.1, 0.15) is 5.75 Å². The smallest absolute Gasteiger partial charge is 0.363 e. The second-order valence-electron chi connectivity index (χ2n) is 5.54. The zero-order chi connectivity index (χ0) is 18.7. The van der Waals surface area contributed by atoms with Gasteiger partial charge in [0.05, 0.1) is 11.5 Å². The van der Waals surface area contributed by atoms with E-state index >= 15 is 0 Å².